The number of piperidine rings is 1. The molecule has 2 rings (SSSR count). The van der Waals surface area contributed by atoms with Gasteiger partial charge in [-0.15, -0.1) is 0 Å². The van der Waals surface area contributed by atoms with Crippen LogP contribution >= 0.6 is 15.9 Å². The first-order valence-electron chi connectivity index (χ1n) is 6.83. The molecule has 1 saturated heterocycles. The van der Waals surface area contributed by atoms with Crippen molar-refractivity contribution >= 4 is 36.0 Å². The second-order valence-electron chi connectivity index (χ2n) is 5.47. The topological polar surface area (TPSA) is 83.6 Å². The van der Waals surface area contributed by atoms with Crippen LogP contribution in [0, 0.1) is 6.92 Å². The molecule has 1 aliphatic heterocycles. The average Bonchev–Trinajstić information content (AvgIpc) is 2.41. The Labute approximate surface area is 140 Å². The van der Waals surface area contributed by atoms with Crippen molar-refractivity contribution in [3.8, 4) is 0 Å². The summed E-state index contributed by atoms with van der Waals surface area (Å²) in [5.74, 6) is 0. The van der Waals surface area contributed by atoms with Gasteiger partial charge in [-0.1, -0.05) is 15.9 Å². The number of hydrogen-bond donors (Lipinski definition) is 1. The van der Waals surface area contributed by atoms with E-state index in [4.69, 9.17) is 0 Å². The lowest BCUT2D eigenvalue weighted by atomic mass is 10.1. The van der Waals surface area contributed by atoms with Crippen molar-refractivity contribution in [3.63, 3.8) is 0 Å². The van der Waals surface area contributed by atoms with Crippen LogP contribution in [0.5, 0.6) is 0 Å². The minimum atomic E-state index is -3.59. The number of aryl methyl sites for hydroxylation is 1. The van der Waals surface area contributed by atoms with Gasteiger partial charge in [-0.2, -0.15) is 0 Å². The number of benzene rings is 1. The molecular formula is C13H19BrN2O4S2. The van der Waals surface area contributed by atoms with Crippen molar-refractivity contribution in [2.24, 2.45) is 0 Å². The number of rotatable bonds is 4. The van der Waals surface area contributed by atoms with Gasteiger partial charge >= 0.3 is 0 Å². The molecule has 0 unspecified atom stereocenters. The van der Waals surface area contributed by atoms with E-state index < -0.39 is 20.0 Å². The lowest BCUT2D eigenvalue weighted by Gasteiger charge is -2.30. The van der Waals surface area contributed by atoms with Crippen LogP contribution in [-0.2, 0) is 20.0 Å². The molecule has 9 heteroatoms. The maximum Gasteiger partial charge on any atom is 0.240 e. The van der Waals surface area contributed by atoms with Gasteiger partial charge in [0, 0.05) is 23.6 Å². The van der Waals surface area contributed by atoms with E-state index in [9.17, 15) is 16.8 Å². The Bertz CT molecular complexity index is 754. The van der Waals surface area contributed by atoms with E-state index in [0.29, 0.717) is 25.9 Å². The molecule has 1 aliphatic rings. The molecule has 124 valence electrons. The van der Waals surface area contributed by atoms with Gasteiger partial charge in [-0.05, 0) is 43.5 Å². The summed E-state index contributed by atoms with van der Waals surface area (Å²) in [6.45, 7) is 2.50. The SMILES string of the molecule is Cc1cc(S(=O)(=O)NC2CCN(S(C)(=O)=O)CC2)ccc1Br. The molecular weight excluding hydrogens is 392 g/mol. The number of nitrogens with one attached hydrogen (secondary N) is 1. The molecule has 0 aliphatic carbocycles. The van der Waals surface area contributed by atoms with E-state index in [0.717, 1.165) is 10.0 Å². The van der Waals surface area contributed by atoms with Crippen LogP contribution in [0.2, 0.25) is 0 Å². The zero-order chi connectivity index (χ0) is 16.5. The van der Waals surface area contributed by atoms with Crippen molar-refractivity contribution < 1.29 is 16.8 Å². The molecule has 0 saturated carbocycles. The van der Waals surface area contributed by atoms with Crippen LogP contribution in [-0.4, -0.2) is 46.5 Å². The Hall–Kier alpha value is -0.480. The predicted octanol–water partition coefficient (Wildman–Crippen LogP) is 1.46. The van der Waals surface area contributed by atoms with Crippen LogP contribution in [0.4, 0.5) is 0 Å². The zero-order valence-corrected chi connectivity index (χ0v) is 15.6. The molecule has 1 heterocycles. The molecule has 0 amide bonds. The highest BCUT2D eigenvalue weighted by molar-refractivity contribution is 9.10. The summed E-state index contributed by atoms with van der Waals surface area (Å²) < 4.78 is 52.6. The van der Waals surface area contributed by atoms with Gasteiger partial charge in [0.2, 0.25) is 20.0 Å². The largest absolute Gasteiger partial charge is 0.240 e. The van der Waals surface area contributed by atoms with Gasteiger partial charge in [0.1, 0.15) is 0 Å². The highest BCUT2D eigenvalue weighted by atomic mass is 79.9. The second-order valence-corrected chi connectivity index (χ2v) is 10.0. The lowest BCUT2D eigenvalue weighted by Crippen LogP contribution is -2.46. The van der Waals surface area contributed by atoms with Gasteiger partial charge in [-0.25, -0.2) is 25.9 Å². The van der Waals surface area contributed by atoms with Gasteiger partial charge < -0.3 is 0 Å². The molecule has 1 fully saturated rings. The number of nitrogens with zero attached hydrogens (tertiary/aromatic N) is 1. The normalized spacial score (nSPS) is 18.5. The summed E-state index contributed by atoms with van der Waals surface area (Å²) in [6, 6.07) is 4.62. The highest BCUT2D eigenvalue weighted by Gasteiger charge is 2.28. The van der Waals surface area contributed by atoms with Crippen LogP contribution in [0.25, 0.3) is 0 Å². The third-order valence-corrected chi connectivity index (χ3v) is 7.40. The van der Waals surface area contributed by atoms with Gasteiger partial charge in [0.15, 0.2) is 0 Å². The zero-order valence-electron chi connectivity index (χ0n) is 12.4. The standard InChI is InChI=1S/C13H19BrN2O4S2/c1-10-9-12(3-4-13(10)14)22(19,20)15-11-5-7-16(8-6-11)21(2,17)18/h3-4,9,11,15H,5-8H2,1-2H3. The monoisotopic (exact) mass is 410 g/mol. The fourth-order valence-corrected chi connectivity index (χ4v) is 4.89. The Balaban J connectivity index is 2.06. The van der Waals surface area contributed by atoms with Crippen LogP contribution < -0.4 is 4.72 Å². The average molecular weight is 411 g/mol. The van der Waals surface area contributed by atoms with E-state index >= 15 is 0 Å². The lowest BCUT2D eigenvalue weighted by molar-refractivity contribution is 0.310. The van der Waals surface area contributed by atoms with E-state index in [2.05, 4.69) is 20.7 Å². The summed E-state index contributed by atoms with van der Waals surface area (Å²) >= 11 is 3.34. The van der Waals surface area contributed by atoms with E-state index in [1.807, 2.05) is 6.92 Å². The highest BCUT2D eigenvalue weighted by Crippen LogP contribution is 2.21. The molecule has 0 atom stereocenters. The summed E-state index contributed by atoms with van der Waals surface area (Å²) in [7, 11) is -6.80. The molecule has 0 radical (unpaired) electrons. The maximum atomic E-state index is 12.4. The fourth-order valence-electron chi connectivity index (χ4n) is 2.38. The van der Waals surface area contributed by atoms with Crippen molar-refractivity contribution in [2.75, 3.05) is 19.3 Å². The Morgan fingerprint density at radius 1 is 1.18 bits per heavy atom. The third-order valence-electron chi connectivity index (χ3n) is 3.68. The summed E-state index contributed by atoms with van der Waals surface area (Å²) in [5.41, 5.74) is 0.842. The third kappa shape index (κ3) is 4.29. The molecule has 22 heavy (non-hydrogen) atoms. The summed E-state index contributed by atoms with van der Waals surface area (Å²) in [5, 5.41) is 0. The predicted molar refractivity (Wildman–Crippen MR) is 88.6 cm³/mol. The first-order chi connectivity index (χ1) is 10.1. The molecule has 0 spiro atoms. The number of halogens is 1. The van der Waals surface area contributed by atoms with Crippen molar-refractivity contribution in [2.45, 2.75) is 30.7 Å². The molecule has 0 bridgehead atoms. The Morgan fingerprint density at radius 3 is 2.27 bits per heavy atom. The van der Waals surface area contributed by atoms with Crippen LogP contribution in [0.15, 0.2) is 27.6 Å². The van der Waals surface area contributed by atoms with Gasteiger partial charge in [0.05, 0.1) is 11.2 Å². The van der Waals surface area contributed by atoms with Crippen LogP contribution in [0.1, 0.15) is 18.4 Å². The molecule has 1 aromatic rings. The Kier molecular flexibility index (Phi) is 5.33. The Morgan fingerprint density at radius 2 is 1.77 bits per heavy atom. The van der Waals surface area contributed by atoms with E-state index in [-0.39, 0.29) is 10.9 Å². The minimum absolute atomic E-state index is 0.221. The smallest absolute Gasteiger partial charge is 0.213 e. The first-order valence-corrected chi connectivity index (χ1v) is 11.0. The number of hydrogen-bond acceptors (Lipinski definition) is 4. The van der Waals surface area contributed by atoms with Crippen molar-refractivity contribution in [1.82, 2.24) is 9.03 Å². The van der Waals surface area contributed by atoms with Gasteiger partial charge in [0.25, 0.3) is 0 Å². The minimum Gasteiger partial charge on any atom is -0.213 e. The number of sulfonamides is 2. The molecule has 6 nitrogen and oxygen atoms in total. The second kappa shape index (κ2) is 6.56. The fraction of sp³-hybridized carbons (Fsp3) is 0.538. The van der Waals surface area contributed by atoms with Crippen molar-refractivity contribution in [1.29, 1.82) is 0 Å². The summed E-state index contributed by atoms with van der Waals surface area (Å²) in [6.07, 6.45) is 2.12. The molecule has 1 N–H and O–H groups in total. The quantitative estimate of drug-likeness (QED) is 0.813. The van der Waals surface area contributed by atoms with E-state index in [1.165, 1.54) is 10.6 Å². The van der Waals surface area contributed by atoms with Crippen LogP contribution in [0.3, 0.4) is 0 Å². The van der Waals surface area contributed by atoms with E-state index in [1.54, 1.807) is 18.2 Å². The molecule has 1 aromatic carbocycles. The maximum absolute atomic E-state index is 12.4. The first kappa shape index (κ1) is 17.9. The summed E-state index contributed by atoms with van der Waals surface area (Å²) in [4.78, 5) is 0.221. The van der Waals surface area contributed by atoms with Crippen molar-refractivity contribution in [3.05, 3.63) is 28.2 Å². The van der Waals surface area contributed by atoms with Gasteiger partial charge in [-0.3, -0.25) is 0 Å². The molecule has 0 aromatic heterocycles.